The predicted octanol–water partition coefficient (Wildman–Crippen LogP) is 5.10. The van der Waals surface area contributed by atoms with Gasteiger partial charge < -0.3 is 19.3 Å². The maximum absolute atomic E-state index is 14.4. The molecular formula is C27H25ClFN3O3. The molecule has 1 amide bonds. The molecule has 1 fully saturated rings. The monoisotopic (exact) mass is 493 g/mol. The summed E-state index contributed by atoms with van der Waals surface area (Å²) in [6.07, 6.45) is -0.601. The molecule has 0 spiro atoms. The van der Waals surface area contributed by atoms with Crippen molar-refractivity contribution < 1.29 is 19.0 Å². The fraction of sp³-hybridized carbons (Fsp3) is 0.259. The van der Waals surface area contributed by atoms with Crippen molar-refractivity contribution in [3.05, 3.63) is 89.0 Å². The number of carbonyl (C=O) groups is 1. The Labute approximate surface area is 207 Å². The van der Waals surface area contributed by atoms with Crippen LogP contribution in [0.3, 0.4) is 0 Å². The quantitative estimate of drug-likeness (QED) is 0.389. The molecule has 0 unspecified atom stereocenters. The number of amides is 1. The molecule has 4 aromatic rings. The van der Waals surface area contributed by atoms with E-state index in [2.05, 4.69) is 0 Å². The second-order valence-electron chi connectivity index (χ2n) is 8.80. The average molecular weight is 494 g/mol. The summed E-state index contributed by atoms with van der Waals surface area (Å²) in [5.41, 5.74) is 2.81. The summed E-state index contributed by atoms with van der Waals surface area (Å²) < 4.78 is 22.1. The molecule has 1 aliphatic rings. The number of nitrogens with zero attached hydrogens (tertiary/aromatic N) is 3. The fourth-order valence-electron chi connectivity index (χ4n) is 4.54. The zero-order chi connectivity index (χ0) is 24.5. The van der Waals surface area contributed by atoms with E-state index in [0.29, 0.717) is 23.1 Å². The summed E-state index contributed by atoms with van der Waals surface area (Å²) in [6, 6.07) is 19.3. The van der Waals surface area contributed by atoms with Crippen LogP contribution in [0.1, 0.15) is 23.7 Å². The number of para-hydroxylation sites is 3. The second kappa shape index (κ2) is 9.68. The molecular weight excluding hydrogens is 469 g/mol. The Kier molecular flexibility index (Phi) is 6.45. The summed E-state index contributed by atoms with van der Waals surface area (Å²) >= 11 is 6.08. The van der Waals surface area contributed by atoms with E-state index in [0.717, 1.165) is 16.6 Å². The molecule has 0 saturated carbocycles. The number of fused-ring (bicyclic) bond motifs is 1. The van der Waals surface area contributed by atoms with E-state index in [1.807, 2.05) is 41.8 Å². The number of aryl methyl sites for hydroxylation is 1. The van der Waals surface area contributed by atoms with E-state index in [4.69, 9.17) is 21.3 Å². The molecule has 1 aliphatic heterocycles. The molecule has 1 aromatic heterocycles. The Morgan fingerprint density at radius 1 is 1.17 bits per heavy atom. The zero-order valence-corrected chi connectivity index (χ0v) is 20.0. The molecule has 2 atom stereocenters. The molecule has 0 radical (unpaired) electrons. The highest BCUT2D eigenvalue weighted by molar-refractivity contribution is 6.31. The summed E-state index contributed by atoms with van der Waals surface area (Å²) in [5.74, 6) is 0.505. The lowest BCUT2D eigenvalue weighted by molar-refractivity contribution is -0.117. The van der Waals surface area contributed by atoms with Gasteiger partial charge in [-0.05, 0) is 55.0 Å². The second-order valence-corrected chi connectivity index (χ2v) is 9.21. The highest BCUT2D eigenvalue weighted by Crippen LogP contribution is 2.34. The van der Waals surface area contributed by atoms with E-state index in [1.54, 1.807) is 30.3 Å². The average Bonchev–Trinajstić information content (AvgIpc) is 3.41. The molecule has 180 valence electrons. The lowest BCUT2D eigenvalue weighted by atomic mass is 10.1. The molecule has 1 saturated heterocycles. The Bertz CT molecular complexity index is 1390. The van der Waals surface area contributed by atoms with Crippen molar-refractivity contribution in [1.82, 2.24) is 9.55 Å². The summed E-state index contributed by atoms with van der Waals surface area (Å²) in [7, 11) is 0. The molecule has 2 heterocycles. The molecule has 5 rings (SSSR count). The first-order valence-corrected chi connectivity index (χ1v) is 11.9. The fourth-order valence-corrected chi connectivity index (χ4v) is 4.66. The number of halogens is 2. The van der Waals surface area contributed by atoms with Gasteiger partial charge in [-0.2, -0.15) is 0 Å². The first-order chi connectivity index (χ1) is 16.9. The lowest BCUT2D eigenvalue weighted by Crippen LogP contribution is -2.27. The maximum Gasteiger partial charge on any atom is 0.227 e. The predicted molar refractivity (Wildman–Crippen MR) is 134 cm³/mol. The van der Waals surface area contributed by atoms with E-state index < -0.39 is 11.9 Å². The van der Waals surface area contributed by atoms with Gasteiger partial charge in [-0.1, -0.05) is 35.9 Å². The third-order valence-electron chi connectivity index (χ3n) is 6.28. The van der Waals surface area contributed by atoms with Crippen molar-refractivity contribution in [2.45, 2.75) is 31.9 Å². The molecule has 1 N–H and O–H groups in total. The summed E-state index contributed by atoms with van der Waals surface area (Å²) in [4.78, 5) is 19.1. The minimum atomic E-state index is -0.817. The van der Waals surface area contributed by atoms with Crippen molar-refractivity contribution in [3.8, 4) is 5.75 Å². The Morgan fingerprint density at radius 3 is 2.74 bits per heavy atom. The van der Waals surface area contributed by atoms with Crippen LogP contribution in [0.25, 0.3) is 11.0 Å². The van der Waals surface area contributed by atoms with Crippen LogP contribution in [0, 0.1) is 12.7 Å². The van der Waals surface area contributed by atoms with Gasteiger partial charge in [0.2, 0.25) is 5.91 Å². The van der Waals surface area contributed by atoms with Crippen LogP contribution in [0.5, 0.6) is 5.75 Å². The number of benzene rings is 3. The van der Waals surface area contributed by atoms with Gasteiger partial charge in [-0.25, -0.2) is 9.37 Å². The van der Waals surface area contributed by atoms with Gasteiger partial charge in [0, 0.05) is 23.9 Å². The van der Waals surface area contributed by atoms with Crippen LogP contribution in [0.4, 0.5) is 10.1 Å². The number of aliphatic hydroxyl groups excluding tert-OH is 1. The number of imidazole rings is 1. The maximum atomic E-state index is 14.4. The van der Waals surface area contributed by atoms with Gasteiger partial charge in [0.1, 0.15) is 30.1 Å². The van der Waals surface area contributed by atoms with Crippen LogP contribution in [-0.4, -0.2) is 39.8 Å². The van der Waals surface area contributed by atoms with Crippen LogP contribution in [0.2, 0.25) is 5.02 Å². The topological polar surface area (TPSA) is 67.6 Å². The van der Waals surface area contributed by atoms with Gasteiger partial charge >= 0.3 is 0 Å². The molecule has 6 nitrogen and oxygen atoms in total. The number of ether oxygens (including phenoxy) is 1. The van der Waals surface area contributed by atoms with Crippen molar-refractivity contribution in [2.75, 3.05) is 18.1 Å². The standard InChI is InChI=1S/C27H25ClFN3O3/c1-17-12-20(10-11-21(17)28)35-16-19(33)15-32-25-9-5-3-7-23(25)30-27(32)18-13-26(34)31(14-18)24-8-4-2-6-22(24)29/h2-12,18-19,33H,13-16H2,1H3/t18-,19+/m0/s1. The van der Waals surface area contributed by atoms with Crippen LogP contribution < -0.4 is 9.64 Å². The summed E-state index contributed by atoms with van der Waals surface area (Å²) in [6.45, 7) is 2.54. The van der Waals surface area contributed by atoms with Crippen LogP contribution in [-0.2, 0) is 11.3 Å². The van der Waals surface area contributed by atoms with Crippen LogP contribution >= 0.6 is 11.6 Å². The molecule has 8 heteroatoms. The first-order valence-electron chi connectivity index (χ1n) is 11.5. The normalized spacial score (nSPS) is 16.7. The van der Waals surface area contributed by atoms with Crippen molar-refractivity contribution in [1.29, 1.82) is 0 Å². The largest absolute Gasteiger partial charge is 0.491 e. The van der Waals surface area contributed by atoms with Crippen molar-refractivity contribution in [2.24, 2.45) is 0 Å². The minimum Gasteiger partial charge on any atom is -0.491 e. The van der Waals surface area contributed by atoms with Crippen molar-refractivity contribution in [3.63, 3.8) is 0 Å². The molecule has 0 aliphatic carbocycles. The minimum absolute atomic E-state index is 0.0813. The van der Waals surface area contributed by atoms with Gasteiger partial charge in [-0.15, -0.1) is 0 Å². The first kappa shape index (κ1) is 23.3. The Hall–Kier alpha value is -3.42. The Morgan fingerprint density at radius 2 is 1.94 bits per heavy atom. The van der Waals surface area contributed by atoms with Gasteiger partial charge in [0.25, 0.3) is 0 Å². The Balaban J connectivity index is 1.38. The number of carbonyl (C=O) groups excluding carboxylic acids is 1. The SMILES string of the molecule is Cc1cc(OC[C@H](O)Cn2c([C@H]3CC(=O)N(c4ccccc4F)C3)nc3ccccc32)ccc1Cl. The highest BCUT2D eigenvalue weighted by Gasteiger charge is 2.36. The van der Waals surface area contributed by atoms with E-state index in [-0.39, 0.29) is 37.1 Å². The smallest absolute Gasteiger partial charge is 0.227 e. The van der Waals surface area contributed by atoms with E-state index in [9.17, 15) is 14.3 Å². The third kappa shape index (κ3) is 4.74. The highest BCUT2D eigenvalue weighted by atomic mass is 35.5. The van der Waals surface area contributed by atoms with Gasteiger partial charge in [0.15, 0.2) is 0 Å². The molecule has 3 aromatic carbocycles. The zero-order valence-electron chi connectivity index (χ0n) is 19.2. The van der Waals surface area contributed by atoms with E-state index >= 15 is 0 Å². The van der Waals surface area contributed by atoms with E-state index in [1.165, 1.54) is 11.0 Å². The lowest BCUT2D eigenvalue weighted by Gasteiger charge is -2.19. The molecule has 35 heavy (non-hydrogen) atoms. The number of anilines is 1. The number of aliphatic hydroxyl groups is 1. The van der Waals surface area contributed by atoms with Gasteiger partial charge in [-0.3, -0.25) is 4.79 Å². The number of hydrogen-bond donors (Lipinski definition) is 1. The van der Waals surface area contributed by atoms with Gasteiger partial charge in [0.05, 0.1) is 23.3 Å². The number of hydrogen-bond acceptors (Lipinski definition) is 4. The third-order valence-corrected chi connectivity index (χ3v) is 6.71. The van der Waals surface area contributed by atoms with Crippen molar-refractivity contribution >= 4 is 34.2 Å². The number of rotatable bonds is 7. The molecule has 0 bridgehead atoms. The van der Waals surface area contributed by atoms with Crippen LogP contribution in [0.15, 0.2) is 66.7 Å². The summed E-state index contributed by atoms with van der Waals surface area (Å²) in [5, 5.41) is 11.5. The number of aromatic nitrogens is 2.